The standard InChI is InChI=1S/C38H31F2N5O4S/c1-44(2)38(46)28-14-7-8-15-31(28)50-34-32(39)36(48-27-13-9-12-26(21-27)35-42-18-19-45(35)3)43-37(33(34)40)49-30-20-25(22-41)16-17-29(30)47-23-24-10-5-4-6-11-24/h4-17,20-21H,18-19,23H2,1-3H3. The molecule has 0 saturated heterocycles. The van der Waals surface area contributed by atoms with E-state index in [0.717, 1.165) is 23.5 Å². The van der Waals surface area contributed by atoms with Gasteiger partial charge in [-0.05, 0) is 42.0 Å². The maximum Gasteiger partial charge on any atom is 0.260 e. The molecule has 1 aliphatic rings. The van der Waals surface area contributed by atoms with E-state index >= 15 is 8.78 Å². The summed E-state index contributed by atoms with van der Waals surface area (Å²) in [6.07, 6.45) is 0. The van der Waals surface area contributed by atoms with E-state index < -0.39 is 28.3 Å². The molecule has 1 amide bonds. The van der Waals surface area contributed by atoms with Gasteiger partial charge in [-0.3, -0.25) is 9.79 Å². The van der Waals surface area contributed by atoms with Crippen molar-refractivity contribution in [3.05, 3.63) is 131 Å². The summed E-state index contributed by atoms with van der Waals surface area (Å²) in [6, 6.07) is 29.3. The van der Waals surface area contributed by atoms with Crippen molar-refractivity contribution in [2.75, 3.05) is 34.2 Å². The number of rotatable bonds is 11. The summed E-state index contributed by atoms with van der Waals surface area (Å²) < 4.78 is 50.8. The topological polar surface area (TPSA) is 100 Å². The Morgan fingerprint density at radius 3 is 2.38 bits per heavy atom. The van der Waals surface area contributed by atoms with Crippen LogP contribution in [0.4, 0.5) is 8.78 Å². The van der Waals surface area contributed by atoms with Gasteiger partial charge in [0.1, 0.15) is 18.2 Å². The van der Waals surface area contributed by atoms with E-state index in [4.69, 9.17) is 14.2 Å². The number of carbonyl (C=O) groups excluding carboxylic acids is 1. The fourth-order valence-electron chi connectivity index (χ4n) is 5.06. The first-order valence-electron chi connectivity index (χ1n) is 15.5. The maximum absolute atomic E-state index is 16.5. The van der Waals surface area contributed by atoms with Crippen LogP contribution < -0.4 is 14.2 Å². The van der Waals surface area contributed by atoms with E-state index in [1.807, 2.05) is 54.4 Å². The van der Waals surface area contributed by atoms with Crippen LogP contribution in [-0.2, 0) is 6.61 Å². The summed E-state index contributed by atoms with van der Waals surface area (Å²) in [5.41, 5.74) is 2.08. The smallest absolute Gasteiger partial charge is 0.260 e. The molecule has 0 aliphatic carbocycles. The highest BCUT2D eigenvalue weighted by Gasteiger charge is 2.27. The normalized spacial score (nSPS) is 12.2. The number of likely N-dealkylation sites (N-methyl/N-ethyl adjacent to an activating group) is 1. The van der Waals surface area contributed by atoms with Crippen LogP contribution in [0.3, 0.4) is 0 Å². The summed E-state index contributed by atoms with van der Waals surface area (Å²) in [4.78, 5) is 24.8. The van der Waals surface area contributed by atoms with Crippen molar-refractivity contribution in [2.45, 2.75) is 16.4 Å². The van der Waals surface area contributed by atoms with Crippen LogP contribution in [0.1, 0.15) is 27.0 Å². The van der Waals surface area contributed by atoms with Crippen molar-refractivity contribution < 1.29 is 27.8 Å². The van der Waals surface area contributed by atoms with Gasteiger partial charge in [0, 0.05) is 44.2 Å². The van der Waals surface area contributed by atoms with Crippen molar-refractivity contribution >= 4 is 23.5 Å². The highest BCUT2D eigenvalue weighted by Crippen LogP contribution is 2.43. The van der Waals surface area contributed by atoms with Gasteiger partial charge in [0.2, 0.25) is 11.6 Å². The lowest BCUT2D eigenvalue weighted by atomic mass is 10.2. The average Bonchev–Trinajstić information content (AvgIpc) is 3.57. The molecule has 6 rings (SSSR count). The highest BCUT2D eigenvalue weighted by atomic mass is 32.2. The number of nitrogens with zero attached hydrogens (tertiary/aromatic N) is 5. The molecule has 0 saturated carbocycles. The predicted molar refractivity (Wildman–Crippen MR) is 185 cm³/mol. The number of ether oxygens (including phenoxy) is 3. The quantitative estimate of drug-likeness (QED) is 0.138. The molecule has 1 aromatic heterocycles. The number of aliphatic imine (C=N–C) groups is 1. The van der Waals surface area contributed by atoms with E-state index in [2.05, 4.69) is 9.98 Å². The van der Waals surface area contributed by atoms with Crippen molar-refractivity contribution in [1.82, 2.24) is 14.8 Å². The average molecular weight is 692 g/mol. The van der Waals surface area contributed by atoms with Gasteiger partial charge in [0.25, 0.3) is 17.7 Å². The third-order valence-corrected chi connectivity index (χ3v) is 8.73. The van der Waals surface area contributed by atoms with Gasteiger partial charge in [-0.25, -0.2) is 0 Å². The van der Waals surface area contributed by atoms with Gasteiger partial charge >= 0.3 is 0 Å². The Hall–Kier alpha value is -5.93. The monoisotopic (exact) mass is 691 g/mol. The number of benzene rings is 4. The molecule has 4 aromatic carbocycles. The van der Waals surface area contributed by atoms with Crippen LogP contribution in [0.15, 0.2) is 112 Å². The fourth-order valence-corrected chi connectivity index (χ4v) is 6.05. The minimum absolute atomic E-state index is 0.0210. The molecule has 9 nitrogen and oxygen atoms in total. The predicted octanol–water partition coefficient (Wildman–Crippen LogP) is 7.94. The Balaban J connectivity index is 1.43. The van der Waals surface area contributed by atoms with Gasteiger partial charge in [-0.1, -0.05) is 66.4 Å². The minimum Gasteiger partial charge on any atom is -0.485 e. The van der Waals surface area contributed by atoms with Crippen LogP contribution in [-0.4, -0.2) is 60.8 Å². The second-order valence-electron chi connectivity index (χ2n) is 11.4. The number of aromatic nitrogens is 1. The highest BCUT2D eigenvalue weighted by molar-refractivity contribution is 7.99. The molecule has 0 bridgehead atoms. The first-order valence-corrected chi connectivity index (χ1v) is 16.3. The Kier molecular flexibility index (Phi) is 10.2. The van der Waals surface area contributed by atoms with Gasteiger partial charge in [0.05, 0.1) is 28.6 Å². The molecular weight excluding hydrogens is 661 g/mol. The molecular formula is C38H31F2N5O4S. The number of halogens is 2. The third-order valence-electron chi connectivity index (χ3n) is 7.59. The summed E-state index contributed by atoms with van der Waals surface area (Å²) in [6.45, 7) is 1.57. The molecule has 5 aromatic rings. The van der Waals surface area contributed by atoms with Gasteiger partial charge < -0.3 is 24.0 Å². The molecule has 0 N–H and O–H groups in total. The number of hydrogen-bond donors (Lipinski definition) is 0. The lowest BCUT2D eigenvalue weighted by molar-refractivity contribution is 0.0824. The SMILES string of the molecule is CN(C)C(=O)c1ccccc1Sc1c(F)c(Oc2cccc(C3=NCCN3C)c2)nc(Oc2cc(C#N)ccc2OCc2ccccc2)c1F. The van der Waals surface area contributed by atoms with E-state index in [1.54, 1.807) is 56.6 Å². The number of carbonyl (C=O) groups is 1. The van der Waals surface area contributed by atoms with Crippen LogP contribution in [0.5, 0.6) is 29.0 Å². The molecule has 252 valence electrons. The van der Waals surface area contributed by atoms with Gasteiger partial charge in [0.15, 0.2) is 11.5 Å². The summed E-state index contributed by atoms with van der Waals surface area (Å²) in [5, 5.41) is 9.61. The van der Waals surface area contributed by atoms with Crippen LogP contribution in [0.25, 0.3) is 0 Å². The number of amides is 1. The van der Waals surface area contributed by atoms with Crippen molar-refractivity contribution in [3.8, 4) is 35.1 Å². The second-order valence-corrected chi connectivity index (χ2v) is 12.4. The van der Waals surface area contributed by atoms with Crippen molar-refractivity contribution in [2.24, 2.45) is 4.99 Å². The third kappa shape index (κ3) is 7.53. The number of nitriles is 1. The first kappa shape index (κ1) is 34.0. The summed E-state index contributed by atoms with van der Waals surface area (Å²) in [5.74, 6) is -2.62. The Morgan fingerprint density at radius 2 is 1.66 bits per heavy atom. The molecule has 1 aliphatic heterocycles. The maximum atomic E-state index is 16.5. The van der Waals surface area contributed by atoms with Crippen molar-refractivity contribution in [3.63, 3.8) is 0 Å². The zero-order chi connectivity index (χ0) is 35.2. The van der Waals surface area contributed by atoms with Gasteiger partial charge in [-0.2, -0.15) is 19.0 Å². The number of pyridine rings is 1. The number of amidine groups is 1. The fraction of sp³-hybridized carbons (Fsp3) is 0.158. The minimum atomic E-state index is -1.14. The Labute approximate surface area is 292 Å². The van der Waals surface area contributed by atoms with Crippen LogP contribution >= 0.6 is 11.8 Å². The molecule has 0 spiro atoms. The molecule has 0 radical (unpaired) electrons. The van der Waals surface area contributed by atoms with Gasteiger partial charge in [-0.15, -0.1) is 0 Å². The largest absolute Gasteiger partial charge is 0.485 e. The molecule has 0 unspecified atom stereocenters. The molecule has 2 heterocycles. The Bertz CT molecular complexity index is 2120. The molecule has 50 heavy (non-hydrogen) atoms. The summed E-state index contributed by atoms with van der Waals surface area (Å²) in [7, 11) is 5.10. The molecule has 0 atom stereocenters. The van der Waals surface area contributed by atoms with E-state index in [-0.39, 0.29) is 40.9 Å². The molecule has 12 heteroatoms. The summed E-state index contributed by atoms with van der Waals surface area (Å²) >= 11 is 0.699. The first-order chi connectivity index (χ1) is 24.2. The Morgan fingerprint density at radius 1 is 0.920 bits per heavy atom. The second kappa shape index (κ2) is 15.1. The molecule has 0 fully saturated rings. The zero-order valence-corrected chi connectivity index (χ0v) is 28.2. The lowest BCUT2D eigenvalue weighted by Crippen LogP contribution is -2.23. The zero-order valence-electron chi connectivity index (χ0n) is 27.4. The lowest BCUT2D eigenvalue weighted by Gasteiger charge is -2.18. The number of hydrogen-bond acceptors (Lipinski definition) is 9. The van der Waals surface area contributed by atoms with E-state index in [1.165, 1.54) is 23.1 Å². The van der Waals surface area contributed by atoms with Crippen LogP contribution in [0.2, 0.25) is 0 Å². The van der Waals surface area contributed by atoms with E-state index in [0.29, 0.717) is 23.2 Å². The van der Waals surface area contributed by atoms with E-state index in [9.17, 15) is 10.1 Å². The van der Waals surface area contributed by atoms with Crippen LogP contribution in [0, 0.1) is 23.0 Å². The van der Waals surface area contributed by atoms with Crippen molar-refractivity contribution in [1.29, 1.82) is 5.26 Å².